The number of benzene rings is 4. The van der Waals surface area contributed by atoms with Crippen molar-refractivity contribution in [3.8, 4) is 0 Å². The molecular weight excluding hydrogens is 396 g/mol. The molecule has 0 amide bonds. The summed E-state index contributed by atoms with van der Waals surface area (Å²) in [7, 11) is 7.97. The molecular formula is C28H30N2O2. The maximum absolute atomic E-state index is 12.5. The molecule has 0 aliphatic carbocycles. The summed E-state index contributed by atoms with van der Waals surface area (Å²) in [5.41, 5.74) is 3.79. The molecule has 0 aliphatic rings. The molecule has 0 atom stereocenters. The lowest BCUT2D eigenvalue weighted by Crippen LogP contribution is -2.31. The van der Waals surface area contributed by atoms with Gasteiger partial charge in [0.1, 0.15) is 5.60 Å². The van der Waals surface area contributed by atoms with Gasteiger partial charge in [-0.1, -0.05) is 84.9 Å². The Bertz CT molecular complexity index is 1180. The topological polar surface area (TPSA) is 46.9 Å². The second-order valence-corrected chi connectivity index (χ2v) is 8.52. The highest BCUT2D eigenvalue weighted by molar-refractivity contribution is 6.06. The van der Waals surface area contributed by atoms with Gasteiger partial charge in [-0.25, -0.2) is 0 Å². The van der Waals surface area contributed by atoms with Gasteiger partial charge in [0.2, 0.25) is 0 Å². The van der Waals surface area contributed by atoms with E-state index in [9.17, 15) is 10.2 Å². The number of anilines is 2. The largest absolute Gasteiger partial charge is 0.392 e. The quantitative estimate of drug-likeness (QED) is 0.437. The lowest BCUT2D eigenvalue weighted by atomic mass is 9.78. The normalized spacial score (nSPS) is 11.6. The highest BCUT2D eigenvalue weighted by atomic mass is 16.3. The molecule has 32 heavy (non-hydrogen) atoms. The maximum atomic E-state index is 12.5. The first-order chi connectivity index (χ1) is 15.4. The lowest BCUT2D eigenvalue weighted by Gasteiger charge is -2.35. The molecule has 0 aromatic heterocycles. The van der Waals surface area contributed by atoms with Gasteiger partial charge in [0.05, 0.1) is 18.0 Å². The average molecular weight is 427 g/mol. The van der Waals surface area contributed by atoms with Crippen LogP contribution in [-0.4, -0.2) is 38.4 Å². The minimum Gasteiger partial charge on any atom is -0.392 e. The zero-order valence-corrected chi connectivity index (χ0v) is 19.1. The molecule has 4 nitrogen and oxygen atoms in total. The summed E-state index contributed by atoms with van der Waals surface area (Å²) in [6.07, 6.45) is 0. The Morgan fingerprint density at radius 1 is 0.656 bits per heavy atom. The summed E-state index contributed by atoms with van der Waals surface area (Å²) in [6.45, 7) is -0.0534. The smallest absolute Gasteiger partial charge is 0.142 e. The van der Waals surface area contributed by atoms with Crippen LogP contribution in [0.4, 0.5) is 11.4 Å². The number of fused-ring (bicyclic) bond motifs is 1. The van der Waals surface area contributed by atoms with Crippen LogP contribution in [-0.2, 0) is 12.2 Å². The van der Waals surface area contributed by atoms with Crippen molar-refractivity contribution >= 4 is 22.1 Å². The van der Waals surface area contributed by atoms with Crippen molar-refractivity contribution < 1.29 is 10.2 Å². The Balaban J connectivity index is 2.17. The Morgan fingerprint density at radius 2 is 1.16 bits per heavy atom. The minimum atomic E-state index is -1.35. The number of nitrogens with zero attached hydrogens (tertiary/aromatic N) is 2. The van der Waals surface area contributed by atoms with Gasteiger partial charge in [0.25, 0.3) is 0 Å². The van der Waals surface area contributed by atoms with E-state index in [0.717, 1.165) is 44.4 Å². The molecule has 0 bridgehead atoms. The van der Waals surface area contributed by atoms with Crippen LogP contribution in [0.15, 0.2) is 84.9 Å². The molecule has 0 saturated heterocycles. The summed E-state index contributed by atoms with van der Waals surface area (Å²) in [5.74, 6) is 0. The maximum Gasteiger partial charge on any atom is 0.142 e. The van der Waals surface area contributed by atoms with E-state index in [2.05, 4.69) is 11.0 Å². The SMILES string of the molecule is CN(C)c1c(CO)ccc2ccc(C(O)(c3ccccc3)c3ccccc3)c(N(C)C)c12. The second-order valence-electron chi connectivity index (χ2n) is 8.52. The molecule has 0 unspecified atom stereocenters. The lowest BCUT2D eigenvalue weighted by molar-refractivity contribution is 0.126. The van der Waals surface area contributed by atoms with Crippen LogP contribution in [0.3, 0.4) is 0 Å². The van der Waals surface area contributed by atoms with Crippen molar-refractivity contribution in [3.63, 3.8) is 0 Å². The fourth-order valence-electron chi connectivity index (χ4n) is 4.66. The number of hydrogen-bond donors (Lipinski definition) is 2. The van der Waals surface area contributed by atoms with Gasteiger partial charge in [-0.15, -0.1) is 0 Å². The molecule has 4 aromatic rings. The van der Waals surface area contributed by atoms with Crippen LogP contribution < -0.4 is 9.80 Å². The van der Waals surface area contributed by atoms with Gasteiger partial charge < -0.3 is 20.0 Å². The number of aliphatic hydroxyl groups is 2. The fraction of sp³-hybridized carbons (Fsp3) is 0.214. The molecule has 0 aliphatic heterocycles. The monoisotopic (exact) mass is 426 g/mol. The van der Waals surface area contributed by atoms with E-state index in [1.165, 1.54) is 0 Å². The van der Waals surface area contributed by atoms with E-state index in [4.69, 9.17) is 0 Å². The van der Waals surface area contributed by atoms with Gasteiger partial charge in [-0.3, -0.25) is 0 Å². The predicted molar refractivity (Wildman–Crippen MR) is 134 cm³/mol. The molecule has 0 radical (unpaired) electrons. The van der Waals surface area contributed by atoms with Gasteiger partial charge in [-0.2, -0.15) is 0 Å². The molecule has 4 rings (SSSR count). The van der Waals surface area contributed by atoms with Gasteiger partial charge in [0.15, 0.2) is 0 Å². The van der Waals surface area contributed by atoms with Crippen molar-refractivity contribution in [2.45, 2.75) is 12.2 Å². The zero-order chi connectivity index (χ0) is 22.9. The first-order valence-electron chi connectivity index (χ1n) is 10.8. The molecule has 2 N–H and O–H groups in total. The van der Waals surface area contributed by atoms with Crippen LogP contribution in [0, 0.1) is 0 Å². The van der Waals surface area contributed by atoms with Crippen LogP contribution in [0.2, 0.25) is 0 Å². The Morgan fingerprint density at radius 3 is 1.62 bits per heavy atom. The van der Waals surface area contributed by atoms with Crippen molar-refractivity contribution in [3.05, 3.63) is 107 Å². The highest BCUT2D eigenvalue weighted by Crippen LogP contribution is 2.46. The third-order valence-corrected chi connectivity index (χ3v) is 6.05. The molecule has 0 fully saturated rings. The molecule has 0 heterocycles. The van der Waals surface area contributed by atoms with E-state index >= 15 is 0 Å². The summed E-state index contributed by atoms with van der Waals surface area (Å²) >= 11 is 0. The van der Waals surface area contributed by atoms with Crippen molar-refractivity contribution in [1.82, 2.24) is 0 Å². The van der Waals surface area contributed by atoms with Crippen LogP contribution in [0.25, 0.3) is 10.8 Å². The van der Waals surface area contributed by atoms with Gasteiger partial charge in [-0.05, 0) is 16.5 Å². The summed E-state index contributed by atoms with van der Waals surface area (Å²) in [5, 5.41) is 24.6. The molecule has 0 spiro atoms. The standard InChI is InChI=1S/C28H30N2O2/c1-29(2)26-21(19-31)16-15-20-17-18-24(27(25(20)26)30(3)4)28(32,22-11-7-5-8-12-22)23-13-9-6-10-14-23/h5-18,31-32H,19H2,1-4H3. The molecule has 4 aromatic carbocycles. The van der Waals surface area contributed by atoms with Crippen molar-refractivity contribution in [2.24, 2.45) is 0 Å². The van der Waals surface area contributed by atoms with E-state index in [-0.39, 0.29) is 6.61 Å². The number of rotatable bonds is 6. The van der Waals surface area contributed by atoms with Gasteiger partial charge in [0, 0.05) is 44.7 Å². The van der Waals surface area contributed by atoms with E-state index in [1.54, 1.807) is 0 Å². The average Bonchev–Trinajstić information content (AvgIpc) is 2.82. The number of hydrogen-bond acceptors (Lipinski definition) is 4. The first kappa shape index (κ1) is 21.9. The predicted octanol–water partition coefficient (Wildman–Crippen LogP) is 4.75. The third kappa shape index (κ3) is 3.52. The first-order valence-corrected chi connectivity index (χ1v) is 10.8. The molecule has 164 valence electrons. The van der Waals surface area contributed by atoms with E-state index in [1.807, 2.05) is 112 Å². The number of aliphatic hydroxyl groups excluding tert-OH is 1. The van der Waals surface area contributed by atoms with E-state index < -0.39 is 5.60 Å². The van der Waals surface area contributed by atoms with Crippen LogP contribution >= 0.6 is 0 Å². The third-order valence-electron chi connectivity index (χ3n) is 6.05. The summed E-state index contributed by atoms with van der Waals surface area (Å²) in [6, 6.07) is 27.7. The summed E-state index contributed by atoms with van der Waals surface area (Å²) < 4.78 is 0. The zero-order valence-electron chi connectivity index (χ0n) is 19.1. The molecule has 0 saturated carbocycles. The minimum absolute atomic E-state index is 0.0534. The van der Waals surface area contributed by atoms with Crippen molar-refractivity contribution in [1.29, 1.82) is 0 Å². The Hall–Kier alpha value is -3.34. The van der Waals surface area contributed by atoms with Crippen molar-refractivity contribution in [2.75, 3.05) is 38.0 Å². The van der Waals surface area contributed by atoms with Crippen LogP contribution in [0.1, 0.15) is 22.3 Å². The Kier molecular flexibility index (Phi) is 5.92. The Labute approximate surface area is 190 Å². The fourth-order valence-corrected chi connectivity index (χ4v) is 4.66. The highest BCUT2D eigenvalue weighted by Gasteiger charge is 2.37. The van der Waals surface area contributed by atoms with Gasteiger partial charge >= 0.3 is 0 Å². The van der Waals surface area contributed by atoms with Crippen LogP contribution in [0.5, 0.6) is 0 Å². The molecule has 4 heteroatoms. The van der Waals surface area contributed by atoms with E-state index in [0.29, 0.717) is 0 Å². The summed E-state index contributed by atoms with van der Waals surface area (Å²) in [4.78, 5) is 4.09. The second kappa shape index (κ2) is 8.65.